The smallest absolute Gasteiger partial charge is 0.152 e. The number of hydrogen-bond donors (Lipinski definition) is 3. The Kier molecular flexibility index (Phi) is 6.89. The van der Waals surface area contributed by atoms with Gasteiger partial charge in [-0.25, -0.2) is 0 Å². The van der Waals surface area contributed by atoms with Crippen molar-refractivity contribution in [2.75, 3.05) is 58.9 Å². The molecule has 0 bridgehead atoms. The maximum Gasteiger partial charge on any atom is 0.152 e. The summed E-state index contributed by atoms with van der Waals surface area (Å²) in [5.74, 6) is 0. The number of unbranched alkanes of at least 4 members (excludes halogenated alkanes) is 3. The van der Waals surface area contributed by atoms with Crippen LogP contribution >= 0.6 is 0 Å². The van der Waals surface area contributed by atoms with Crippen molar-refractivity contribution in [3.8, 4) is 0 Å². The van der Waals surface area contributed by atoms with Gasteiger partial charge in [-0.15, -0.1) is 0 Å². The first-order chi connectivity index (χ1) is 10.1. The second kappa shape index (κ2) is 8.44. The summed E-state index contributed by atoms with van der Waals surface area (Å²) >= 11 is 0. The van der Waals surface area contributed by atoms with Gasteiger partial charge in [0.25, 0.3) is 0 Å². The molecule has 1 spiro atoms. The van der Waals surface area contributed by atoms with Crippen LogP contribution in [0.15, 0.2) is 0 Å². The lowest BCUT2D eigenvalue weighted by Gasteiger charge is -2.52. The van der Waals surface area contributed by atoms with Crippen LogP contribution in [0.1, 0.15) is 32.6 Å². The summed E-state index contributed by atoms with van der Waals surface area (Å²) < 4.78 is 1.10. The second-order valence-corrected chi connectivity index (χ2v) is 7.03. The van der Waals surface area contributed by atoms with E-state index < -0.39 is 0 Å². The zero-order valence-electron chi connectivity index (χ0n) is 13.6. The number of quaternary nitrogens is 1. The van der Waals surface area contributed by atoms with Crippen LogP contribution in [0.2, 0.25) is 0 Å². The Balaban J connectivity index is 1.50. The van der Waals surface area contributed by atoms with Crippen molar-refractivity contribution in [1.29, 1.82) is 0 Å². The molecule has 0 aliphatic carbocycles. The van der Waals surface area contributed by atoms with Gasteiger partial charge in [-0.1, -0.05) is 26.2 Å². The van der Waals surface area contributed by atoms with E-state index in [0.717, 1.165) is 56.8 Å². The predicted octanol–water partition coefficient (Wildman–Crippen LogP) is 0.0241. The molecule has 0 saturated carbocycles. The Hall–Kier alpha value is -0.200. The van der Waals surface area contributed by atoms with Gasteiger partial charge >= 0.3 is 0 Å². The first-order valence-electron chi connectivity index (χ1n) is 8.78. The van der Waals surface area contributed by atoms with E-state index in [1.807, 2.05) is 0 Å². The van der Waals surface area contributed by atoms with E-state index in [4.69, 9.17) is 0 Å². The summed E-state index contributed by atoms with van der Waals surface area (Å²) in [6.45, 7) is 11.0. The van der Waals surface area contributed by atoms with Gasteiger partial charge in [-0.05, 0) is 13.0 Å². The Morgan fingerprint density at radius 3 is 2.52 bits per heavy atom. The number of piperazine rings is 1. The van der Waals surface area contributed by atoms with E-state index in [1.165, 1.54) is 25.7 Å². The molecule has 2 rings (SSSR count). The molecule has 2 heterocycles. The van der Waals surface area contributed by atoms with Gasteiger partial charge in [0.2, 0.25) is 0 Å². The van der Waals surface area contributed by atoms with Crippen LogP contribution in [0.25, 0.3) is 0 Å². The van der Waals surface area contributed by atoms with Crippen LogP contribution in [0, 0.1) is 0 Å². The van der Waals surface area contributed by atoms with Crippen molar-refractivity contribution in [1.82, 2.24) is 10.2 Å². The van der Waals surface area contributed by atoms with Gasteiger partial charge in [0, 0.05) is 26.2 Å². The standard InChI is InChI=1S/C16H34N3O2/c1-2-3-4-5-6-17-11-15(20)12-18-7-9-19(10-8-18)13-16(21)14-19/h15-17,20-21H,2-14H2,1H3/q+1. The third-order valence-corrected chi connectivity index (χ3v) is 5.03. The molecule has 124 valence electrons. The number of aliphatic hydroxyl groups is 2. The summed E-state index contributed by atoms with van der Waals surface area (Å²) in [5, 5.41) is 22.9. The highest BCUT2D eigenvalue weighted by atomic mass is 16.3. The zero-order chi connectivity index (χ0) is 15.1. The van der Waals surface area contributed by atoms with Gasteiger partial charge in [-0.2, -0.15) is 0 Å². The lowest BCUT2D eigenvalue weighted by Crippen LogP contribution is -2.72. The predicted molar refractivity (Wildman–Crippen MR) is 85.2 cm³/mol. The summed E-state index contributed by atoms with van der Waals surface area (Å²) in [4.78, 5) is 2.37. The molecule has 21 heavy (non-hydrogen) atoms. The molecule has 1 unspecified atom stereocenters. The van der Waals surface area contributed by atoms with Gasteiger partial charge in [-0.3, -0.25) is 4.90 Å². The van der Waals surface area contributed by atoms with E-state index in [-0.39, 0.29) is 12.2 Å². The molecule has 3 N–H and O–H groups in total. The van der Waals surface area contributed by atoms with E-state index in [2.05, 4.69) is 17.1 Å². The minimum absolute atomic E-state index is 0.0703. The van der Waals surface area contributed by atoms with Gasteiger partial charge < -0.3 is 20.0 Å². The van der Waals surface area contributed by atoms with Gasteiger partial charge in [0.1, 0.15) is 13.1 Å². The fourth-order valence-corrected chi connectivity index (χ4v) is 3.63. The number of aliphatic hydroxyl groups excluding tert-OH is 2. The number of nitrogens with zero attached hydrogens (tertiary/aromatic N) is 2. The molecule has 0 aromatic heterocycles. The van der Waals surface area contributed by atoms with Crippen LogP contribution in [-0.4, -0.2) is 90.7 Å². The van der Waals surface area contributed by atoms with Crippen molar-refractivity contribution in [3.05, 3.63) is 0 Å². The minimum Gasteiger partial charge on any atom is -0.390 e. The Labute approximate surface area is 129 Å². The van der Waals surface area contributed by atoms with Crippen LogP contribution < -0.4 is 5.32 Å². The second-order valence-electron chi connectivity index (χ2n) is 7.03. The van der Waals surface area contributed by atoms with Crippen molar-refractivity contribution in [3.63, 3.8) is 0 Å². The monoisotopic (exact) mass is 300 g/mol. The van der Waals surface area contributed by atoms with E-state index >= 15 is 0 Å². The minimum atomic E-state index is -0.260. The van der Waals surface area contributed by atoms with Crippen LogP contribution in [0.4, 0.5) is 0 Å². The third-order valence-electron chi connectivity index (χ3n) is 5.03. The Morgan fingerprint density at radius 1 is 1.19 bits per heavy atom. The molecule has 5 nitrogen and oxygen atoms in total. The summed E-state index contributed by atoms with van der Waals surface area (Å²) in [6, 6.07) is 0. The summed E-state index contributed by atoms with van der Waals surface area (Å²) in [5.41, 5.74) is 0. The van der Waals surface area contributed by atoms with Crippen molar-refractivity contribution >= 4 is 0 Å². The molecular weight excluding hydrogens is 266 g/mol. The molecule has 5 heteroatoms. The van der Waals surface area contributed by atoms with E-state index in [9.17, 15) is 10.2 Å². The molecule has 0 radical (unpaired) electrons. The number of rotatable bonds is 9. The molecule has 0 aromatic rings. The van der Waals surface area contributed by atoms with Crippen molar-refractivity contribution < 1.29 is 14.7 Å². The molecule has 2 aliphatic heterocycles. The maximum absolute atomic E-state index is 10.1. The van der Waals surface area contributed by atoms with E-state index in [1.54, 1.807) is 0 Å². The van der Waals surface area contributed by atoms with Crippen LogP contribution in [0.3, 0.4) is 0 Å². The fraction of sp³-hybridized carbons (Fsp3) is 1.00. The summed E-state index contributed by atoms with van der Waals surface area (Å²) in [6.07, 6.45) is 4.76. The number of β-amino-alcohol motifs (C(OH)–C–C–N with tert-alkyl or cyclic N) is 1. The third kappa shape index (κ3) is 5.49. The highest BCUT2D eigenvalue weighted by molar-refractivity contribution is 4.75. The Bertz CT molecular complexity index is 285. The lowest BCUT2D eigenvalue weighted by atomic mass is 10.0. The topological polar surface area (TPSA) is 55.7 Å². The van der Waals surface area contributed by atoms with Gasteiger partial charge in [0.05, 0.1) is 19.2 Å². The molecule has 1 atom stereocenters. The quantitative estimate of drug-likeness (QED) is 0.415. The molecular formula is C16H34N3O2+. The van der Waals surface area contributed by atoms with Crippen LogP contribution in [-0.2, 0) is 0 Å². The lowest BCUT2D eigenvalue weighted by molar-refractivity contribution is -0.975. The van der Waals surface area contributed by atoms with E-state index in [0.29, 0.717) is 6.54 Å². The largest absolute Gasteiger partial charge is 0.390 e. The normalized spacial score (nSPS) is 24.1. The van der Waals surface area contributed by atoms with Crippen molar-refractivity contribution in [2.24, 2.45) is 0 Å². The zero-order valence-corrected chi connectivity index (χ0v) is 13.6. The molecule has 2 saturated heterocycles. The van der Waals surface area contributed by atoms with Crippen molar-refractivity contribution in [2.45, 2.75) is 44.8 Å². The Morgan fingerprint density at radius 2 is 1.90 bits per heavy atom. The SMILES string of the molecule is CCCCCCNCC(O)CN1CC[N+]2(CC1)CC(O)C2. The first kappa shape index (κ1) is 17.2. The summed E-state index contributed by atoms with van der Waals surface area (Å²) in [7, 11) is 0. The molecule has 2 fully saturated rings. The average molecular weight is 300 g/mol. The first-order valence-corrected chi connectivity index (χ1v) is 8.78. The molecule has 0 amide bonds. The number of nitrogens with one attached hydrogen (secondary N) is 1. The molecule has 0 aromatic carbocycles. The molecule has 2 aliphatic rings. The van der Waals surface area contributed by atoms with Gasteiger partial charge in [0.15, 0.2) is 6.10 Å². The highest BCUT2D eigenvalue weighted by Crippen LogP contribution is 2.23. The average Bonchev–Trinajstić information content (AvgIpc) is 2.44. The van der Waals surface area contributed by atoms with Crippen LogP contribution in [0.5, 0.6) is 0 Å². The maximum atomic E-state index is 10.1. The highest BCUT2D eigenvalue weighted by Gasteiger charge is 2.44. The fourth-order valence-electron chi connectivity index (χ4n) is 3.63. The number of hydrogen-bond acceptors (Lipinski definition) is 4.